The zero-order valence-corrected chi connectivity index (χ0v) is 13.3. The molecule has 1 N–H and O–H groups in total. The Bertz CT molecular complexity index is 813. The van der Waals surface area contributed by atoms with Gasteiger partial charge < -0.3 is 33.5 Å². The van der Waals surface area contributed by atoms with E-state index in [0.29, 0.717) is 47.3 Å². The van der Waals surface area contributed by atoms with Crippen LogP contribution < -0.4 is 18.9 Å². The summed E-state index contributed by atoms with van der Waals surface area (Å²) in [5.41, 5.74) is 2.06. The topological polar surface area (TPSA) is 75.6 Å². The molecule has 25 heavy (non-hydrogen) atoms. The van der Waals surface area contributed by atoms with Gasteiger partial charge in [-0.1, -0.05) is 6.07 Å². The molecule has 0 bridgehead atoms. The van der Waals surface area contributed by atoms with Crippen molar-refractivity contribution in [3.05, 3.63) is 47.0 Å². The van der Waals surface area contributed by atoms with Gasteiger partial charge in [-0.25, -0.2) is 0 Å². The van der Waals surface area contributed by atoms with Crippen LogP contribution in [0.25, 0.3) is 0 Å². The Labute approximate surface area is 143 Å². The number of aliphatic hydroxyl groups excluding tert-OH is 1. The summed E-state index contributed by atoms with van der Waals surface area (Å²) >= 11 is 0. The molecule has 7 nitrogen and oxygen atoms in total. The molecule has 1 atom stereocenters. The third-order valence-corrected chi connectivity index (χ3v) is 4.46. The van der Waals surface area contributed by atoms with Gasteiger partial charge in [-0.15, -0.1) is 0 Å². The summed E-state index contributed by atoms with van der Waals surface area (Å²) in [7, 11) is 0. The van der Waals surface area contributed by atoms with E-state index in [9.17, 15) is 5.11 Å². The molecule has 0 spiro atoms. The first-order chi connectivity index (χ1) is 12.3. The van der Waals surface area contributed by atoms with E-state index in [1.165, 1.54) is 0 Å². The molecule has 0 saturated carbocycles. The summed E-state index contributed by atoms with van der Waals surface area (Å²) < 4.78 is 32.9. The summed E-state index contributed by atoms with van der Waals surface area (Å²) in [6.07, 6.45) is -1.43. The number of hydrogen-bond acceptors (Lipinski definition) is 7. The zero-order chi connectivity index (χ0) is 16.8. The van der Waals surface area contributed by atoms with Gasteiger partial charge in [0.25, 0.3) is 0 Å². The molecule has 0 aromatic heterocycles. The number of benzene rings is 2. The molecule has 0 aliphatic carbocycles. The molecule has 1 fully saturated rings. The molecule has 130 valence electrons. The van der Waals surface area contributed by atoms with Crippen LogP contribution in [0.1, 0.15) is 29.1 Å². The van der Waals surface area contributed by atoms with E-state index in [1.807, 2.05) is 12.1 Å². The highest BCUT2D eigenvalue weighted by Gasteiger charge is 2.29. The fourth-order valence-electron chi connectivity index (χ4n) is 3.22. The Morgan fingerprint density at radius 1 is 0.800 bits per heavy atom. The summed E-state index contributed by atoms with van der Waals surface area (Å²) in [4.78, 5) is 0. The largest absolute Gasteiger partial charge is 0.454 e. The minimum absolute atomic E-state index is 0.157. The fourth-order valence-corrected chi connectivity index (χ4v) is 3.22. The lowest BCUT2D eigenvalue weighted by Gasteiger charge is -2.20. The van der Waals surface area contributed by atoms with Crippen molar-refractivity contribution in [3.63, 3.8) is 0 Å². The molecule has 1 saturated heterocycles. The second kappa shape index (κ2) is 5.80. The van der Waals surface area contributed by atoms with Crippen LogP contribution in [0.2, 0.25) is 0 Å². The SMILES string of the molecule is OC(c1ccc2c(c1)OCO2)c1cc2c(cc1C1OCCO1)OCO2. The van der Waals surface area contributed by atoms with E-state index < -0.39 is 12.4 Å². The maximum Gasteiger partial charge on any atom is 0.231 e. The summed E-state index contributed by atoms with van der Waals surface area (Å²) in [6, 6.07) is 8.96. The van der Waals surface area contributed by atoms with E-state index in [-0.39, 0.29) is 13.6 Å². The molecular formula is C18H16O7. The molecule has 1 unspecified atom stereocenters. The van der Waals surface area contributed by atoms with Gasteiger partial charge in [-0.3, -0.25) is 0 Å². The van der Waals surface area contributed by atoms with Gasteiger partial charge in [0.1, 0.15) is 6.10 Å². The minimum Gasteiger partial charge on any atom is -0.454 e. The molecule has 3 heterocycles. The van der Waals surface area contributed by atoms with Gasteiger partial charge >= 0.3 is 0 Å². The smallest absolute Gasteiger partial charge is 0.231 e. The molecule has 0 amide bonds. The Kier molecular flexibility index (Phi) is 3.44. The Morgan fingerprint density at radius 3 is 2.20 bits per heavy atom. The van der Waals surface area contributed by atoms with Crippen molar-refractivity contribution in [1.29, 1.82) is 0 Å². The van der Waals surface area contributed by atoms with Crippen LogP contribution in [0.4, 0.5) is 0 Å². The maximum absolute atomic E-state index is 11.0. The number of ether oxygens (including phenoxy) is 6. The third kappa shape index (κ3) is 2.48. The highest BCUT2D eigenvalue weighted by Crippen LogP contribution is 2.43. The first-order valence-corrected chi connectivity index (χ1v) is 8.04. The van der Waals surface area contributed by atoms with Crippen LogP contribution in [0.5, 0.6) is 23.0 Å². The predicted molar refractivity (Wildman–Crippen MR) is 83.8 cm³/mol. The maximum atomic E-state index is 11.0. The summed E-state index contributed by atoms with van der Waals surface area (Å²) in [5.74, 6) is 2.50. The van der Waals surface area contributed by atoms with Crippen molar-refractivity contribution in [2.75, 3.05) is 26.8 Å². The van der Waals surface area contributed by atoms with Crippen molar-refractivity contribution >= 4 is 0 Å². The molecule has 7 heteroatoms. The predicted octanol–water partition coefficient (Wildman–Crippen LogP) is 2.27. The lowest BCUT2D eigenvalue weighted by molar-refractivity contribution is -0.0457. The first kappa shape index (κ1) is 14.8. The molecule has 2 aromatic carbocycles. The summed E-state index contributed by atoms with van der Waals surface area (Å²) in [5, 5.41) is 11.0. The van der Waals surface area contributed by atoms with Crippen molar-refractivity contribution in [2.45, 2.75) is 12.4 Å². The average molecular weight is 344 g/mol. The highest BCUT2D eigenvalue weighted by atomic mass is 16.7. The van der Waals surface area contributed by atoms with Crippen molar-refractivity contribution in [1.82, 2.24) is 0 Å². The Balaban J connectivity index is 1.57. The number of aliphatic hydroxyl groups is 1. The van der Waals surface area contributed by atoms with Gasteiger partial charge in [0.15, 0.2) is 29.3 Å². The van der Waals surface area contributed by atoms with Crippen molar-refractivity contribution < 1.29 is 33.5 Å². The number of fused-ring (bicyclic) bond motifs is 2. The van der Waals surface area contributed by atoms with Gasteiger partial charge in [0, 0.05) is 5.56 Å². The minimum atomic E-state index is -0.896. The Hall–Kier alpha value is -2.48. The molecular weight excluding hydrogens is 328 g/mol. The quantitative estimate of drug-likeness (QED) is 0.915. The van der Waals surface area contributed by atoms with Gasteiger partial charge in [-0.2, -0.15) is 0 Å². The molecule has 2 aromatic rings. The van der Waals surface area contributed by atoms with E-state index in [1.54, 1.807) is 18.2 Å². The second-order valence-corrected chi connectivity index (χ2v) is 5.92. The van der Waals surface area contributed by atoms with Crippen LogP contribution in [-0.4, -0.2) is 31.9 Å². The van der Waals surface area contributed by atoms with Crippen LogP contribution in [0.3, 0.4) is 0 Å². The fraction of sp³-hybridized carbons (Fsp3) is 0.333. The van der Waals surface area contributed by atoms with Gasteiger partial charge in [0.2, 0.25) is 13.6 Å². The van der Waals surface area contributed by atoms with Gasteiger partial charge in [0.05, 0.1) is 13.2 Å². The van der Waals surface area contributed by atoms with Crippen LogP contribution in [-0.2, 0) is 9.47 Å². The first-order valence-electron chi connectivity index (χ1n) is 8.04. The lowest BCUT2D eigenvalue weighted by atomic mass is 9.95. The normalized spacial score (nSPS) is 19.4. The average Bonchev–Trinajstić information content (AvgIpc) is 3.39. The number of hydrogen-bond donors (Lipinski definition) is 1. The van der Waals surface area contributed by atoms with Gasteiger partial charge in [-0.05, 0) is 35.4 Å². The van der Waals surface area contributed by atoms with Crippen LogP contribution in [0, 0.1) is 0 Å². The zero-order valence-electron chi connectivity index (χ0n) is 13.3. The lowest BCUT2D eigenvalue weighted by Crippen LogP contribution is -2.08. The standard InChI is InChI=1S/C18H16O7/c19-17(10-1-2-13-14(5-10)23-8-22-13)11-6-15-16(25-9-24-15)7-12(11)18-20-3-4-21-18/h1-2,5-7,17-19H,3-4,8-9H2. The summed E-state index contributed by atoms with van der Waals surface area (Å²) in [6.45, 7) is 1.37. The van der Waals surface area contributed by atoms with Crippen molar-refractivity contribution in [3.8, 4) is 23.0 Å². The second-order valence-electron chi connectivity index (χ2n) is 5.92. The van der Waals surface area contributed by atoms with E-state index in [0.717, 1.165) is 5.56 Å². The van der Waals surface area contributed by atoms with Crippen LogP contribution in [0.15, 0.2) is 30.3 Å². The van der Waals surface area contributed by atoms with Crippen molar-refractivity contribution in [2.24, 2.45) is 0 Å². The molecule has 3 aliphatic heterocycles. The third-order valence-electron chi connectivity index (χ3n) is 4.46. The highest BCUT2D eigenvalue weighted by molar-refractivity contribution is 5.53. The molecule has 5 rings (SSSR count). The number of rotatable bonds is 3. The van der Waals surface area contributed by atoms with Crippen LogP contribution >= 0.6 is 0 Å². The Morgan fingerprint density at radius 2 is 1.44 bits per heavy atom. The van der Waals surface area contributed by atoms with E-state index in [4.69, 9.17) is 28.4 Å². The molecule has 3 aliphatic rings. The van der Waals surface area contributed by atoms with E-state index >= 15 is 0 Å². The monoisotopic (exact) mass is 344 g/mol. The van der Waals surface area contributed by atoms with E-state index in [2.05, 4.69) is 0 Å². The molecule has 0 radical (unpaired) electrons.